The molecule has 2 N–H and O–H groups in total. The fourth-order valence-corrected chi connectivity index (χ4v) is 2.64. The highest BCUT2D eigenvalue weighted by atomic mass is 19.1. The summed E-state index contributed by atoms with van der Waals surface area (Å²) in [5, 5.41) is 12.5. The maximum atomic E-state index is 13.5. The molecule has 8 heteroatoms. The molecular weight excluding hydrogens is 369 g/mol. The predicted molar refractivity (Wildman–Crippen MR) is 97.4 cm³/mol. The molecular formula is C20H16FNO6. The van der Waals surface area contributed by atoms with E-state index in [1.54, 1.807) is 13.0 Å². The van der Waals surface area contributed by atoms with Crippen LogP contribution in [0.5, 0.6) is 5.75 Å². The van der Waals surface area contributed by atoms with Gasteiger partial charge in [0.25, 0.3) is 5.91 Å². The van der Waals surface area contributed by atoms with E-state index in [0.29, 0.717) is 16.5 Å². The quantitative estimate of drug-likeness (QED) is 0.516. The molecule has 0 saturated carbocycles. The fraction of sp³-hybridized carbons (Fsp3) is 0.150. The van der Waals surface area contributed by atoms with Crippen LogP contribution in [0.1, 0.15) is 21.5 Å². The number of carbonyl (C=O) groups excluding carboxylic acids is 2. The van der Waals surface area contributed by atoms with Crippen molar-refractivity contribution < 1.29 is 28.2 Å². The zero-order valence-corrected chi connectivity index (χ0v) is 14.8. The van der Waals surface area contributed by atoms with E-state index in [9.17, 15) is 23.9 Å². The van der Waals surface area contributed by atoms with Crippen LogP contribution in [-0.2, 0) is 16.1 Å². The molecule has 1 heterocycles. The lowest BCUT2D eigenvalue weighted by Gasteiger charge is -2.10. The van der Waals surface area contributed by atoms with Crippen LogP contribution in [-0.4, -0.2) is 23.5 Å². The van der Waals surface area contributed by atoms with Crippen molar-refractivity contribution in [2.75, 3.05) is 6.54 Å². The molecule has 0 spiro atoms. The molecule has 0 bridgehead atoms. The summed E-state index contributed by atoms with van der Waals surface area (Å²) < 4.78 is 23.7. The lowest BCUT2D eigenvalue weighted by Crippen LogP contribution is -2.31. The maximum Gasteiger partial charge on any atom is 0.336 e. The molecule has 0 radical (unpaired) electrons. The molecule has 0 unspecified atom stereocenters. The first-order valence-corrected chi connectivity index (χ1v) is 8.30. The third kappa shape index (κ3) is 4.01. The van der Waals surface area contributed by atoms with Crippen molar-refractivity contribution in [1.82, 2.24) is 5.32 Å². The van der Waals surface area contributed by atoms with Crippen molar-refractivity contribution in [3.8, 4) is 5.75 Å². The lowest BCUT2D eigenvalue weighted by molar-refractivity contribution is -0.143. The molecule has 3 aromatic rings. The van der Waals surface area contributed by atoms with E-state index < -0.39 is 29.9 Å². The fourth-order valence-electron chi connectivity index (χ4n) is 2.64. The number of phenolic OH excluding ortho intramolecular Hbond substituents is 1. The third-order valence-electron chi connectivity index (χ3n) is 4.12. The van der Waals surface area contributed by atoms with Gasteiger partial charge in [0.05, 0.1) is 5.56 Å². The van der Waals surface area contributed by atoms with E-state index in [0.717, 1.165) is 6.07 Å². The molecule has 0 saturated heterocycles. The summed E-state index contributed by atoms with van der Waals surface area (Å²) in [5.74, 6) is -2.23. The van der Waals surface area contributed by atoms with Gasteiger partial charge in [-0.25, -0.2) is 9.18 Å². The number of fused-ring (bicyclic) bond motifs is 1. The van der Waals surface area contributed by atoms with Crippen LogP contribution in [0, 0.1) is 12.7 Å². The molecule has 0 aliphatic carbocycles. The number of amides is 1. The Hall–Kier alpha value is -3.68. The number of phenols is 1. The minimum Gasteiger partial charge on any atom is -0.508 e. The molecule has 3 rings (SSSR count). The Balaban J connectivity index is 1.67. The molecule has 0 atom stereocenters. The topological polar surface area (TPSA) is 106 Å². The number of benzene rings is 2. The number of halogens is 1. The van der Waals surface area contributed by atoms with E-state index in [1.807, 2.05) is 0 Å². The van der Waals surface area contributed by atoms with Gasteiger partial charge in [-0.15, -0.1) is 0 Å². The first kappa shape index (κ1) is 19.1. The SMILES string of the molecule is Cc1c(O)ccc2c(COC(=O)CNC(=O)c3ccccc3F)cc(=O)oc12. The Kier molecular flexibility index (Phi) is 5.39. The van der Waals surface area contributed by atoms with Crippen LogP contribution in [0.15, 0.2) is 51.7 Å². The summed E-state index contributed by atoms with van der Waals surface area (Å²) in [6, 6.07) is 9.55. The number of hydrogen-bond acceptors (Lipinski definition) is 6. The van der Waals surface area contributed by atoms with Crippen molar-refractivity contribution in [3.63, 3.8) is 0 Å². The number of carbonyl (C=O) groups is 2. The number of nitrogens with one attached hydrogen (secondary N) is 1. The van der Waals surface area contributed by atoms with Gasteiger partial charge in [-0.3, -0.25) is 9.59 Å². The second-order valence-electron chi connectivity index (χ2n) is 6.00. The predicted octanol–water partition coefficient (Wildman–Crippen LogP) is 2.42. The lowest BCUT2D eigenvalue weighted by atomic mass is 10.1. The first-order valence-electron chi connectivity index (χ1n) is 8.30. The standard InChI is InChI=1S/C20H16FNO6/c1-11-16(23)7-6-13-12(8-17(24)28-19(11)13)10-27-18(25)9-22-20(26)14-4-2-3-5-15(14)21/h2-8,23H,9-10H2,1H3,(H,22,26). The summed E-state index contributed by atoms with van der Waals surface area (Å²) in [4.78, 5) is 35.5. The second-order valence-corrected chi connectivity index (χ2v) is 6.00. The van der Waals surface area contributed by atoms with Crippen molar-refractivity contribution in [2.24, 2.45) is 0 Å². The highest BCUT2D eigenvalue weighted by Gasteiger charge is 2.15. The Morgan fingerprint density at radius 2 is 1.96 bits per heavy atom. The molecule has 0 fully saturated rings. The van der Waals surface area contributed by atoms with Crippen LogP contribution in [0.4, 0.5) is 4.39 Å². The van der Waals surface area contributed by atoms with Gasteiger partial charge in [0.2, 0.25) is 0 Å². The van der Waals surface area contributed by atoms with E-state index in [1.165, 1.54) is 30.3 Å². The van der Waals surface area contributed by atoms with Gasteiger partial charge in [-0.2, -0.15) is 0 Å². The zero-order valence-electron chi connectivity index (χ0n) is 14.8. The van der Waals surface area contributed by atoms with Gasteiger partial charge in [0.15, 0.2) is 0 Å². The Bertz CT molecular complexity index is 1120. The van der Waals surface area contributed by atoms with Crippen LogP contribution >= 0.6 is 0 Å². The minimum absolute atomic E-state index is 0.0272. The van der Waals surface area contributed by atoms with Gasteiger partial charge in [-0.1, -0.05) is 12.1 Å². The van der Waals surface area contributed by atoms with E-state index >= 15 is 0 Å². The summed E-state index contributed by atoms with van der Waals surface area (Å²) in [6.45, 7) is 0.891. The van der Waals surface area contributed by atoms with Crippen molar-refractivity contribution in [1.29, 1.82) is 0 Å². The third-order valence-corrected chi connectivity index (χ3v) is 4.12. The highest BCUT2D eigenvalue weighted by Crippen LogP contribution is 2.27. The number of aromatic hydroxyl groups is 1. The van der Waals surface area contributed by atoms with E-state index in [-0.39, 0.29) is 23.5 Å². The second kappa shape index (κ2) is 7.91. The highest BCUT2D eigenvalue weighted by molar-refractivity contribution is 5.96. The largest absolute Gasteiger partial charge is 0.508 e. The zero-order chi connectivity index (χ0) is 20.3. The molecule has 1 amide bonds. The van der Waals surface area contributed by atoms with Gasteiger partial charge < -0.3 is 19.6 Å². The van der Waals surface area contributed by atoms with Gasteiger partial charge in [0, 0.05) is 22.6 Å². The van der Waals surface area contributed by atoms with Crippen LogP contribution < -0.4 is 10.9 Å². The Morgan fingerprint density at radius 1 is 1.21 bits per heavy atom. The molecule has 144 valence electrons. The van der Waals surface area contributed by atoms with Crippen molar-refractivity contribution >= 4 is 22.8 Å². The summed E-state index contributed by atoms with van der Waals surface area (Å²) >= 11 is 0. The minimum atomic E-state index is -0.762. The Labute approximate surface area is 158 Å². The summed E-state index contributed by atoms with van der Waals surface area (Å²) in [6.07, 6.45) is 0. The van der Waals surface area contributed by atoms with Crippen LogP contribution in [0.25, 0.3) is 11.0 Å². The van der Waals surface area contributed by atoms with E-state index in [4.69, 9.17) is 9.15 Å². The van der Waals surface area contributed by atoms with Gasteiger partial charge >= 0.3 is 11.6 Å². The molecule has 2 aromatic carbocycles. The molecule has 0 aliphatic rings. The van der Waals surface area contributed by atoms with Crippen LogP contribution in [0.3, 0.4) is 0 Å². The Morgan fingerprint density at radius 3 is 2.71 bits per heavy atom. The monoisotopic (exact) mass is 385 g/mol. The number of ether oxygens (including phenoxy) is 1. The molecule has 1 aromatic heterocycles. The normalized spacial score (nSPS) is 10.6. The van der Waals surface area contributed by atoms with E-state index in [2.05, 4.69) is 5.32 Å². The average molecular weight is 385 g/mol. The summed E-state index contributed by atoms with van der Waals surface area (Å²) in [7, 11) is 0. The van der Waals surface area contributed by atoms with Gasteiger partial charge in [0.1, 0.15) is 30.3 Å². The number of hydrogen-bond donors (Lipinski definition) is 2. The number of aryl methyl sites for hydroxylation is 1. The maximum absolute atomic E-state index is 13.5. The van der Waals surface area contributed by atoms with Crippen LogP contribution in [0.2, 0.25) is 0 Å². The van der Waals surface area contributed by atoms with Crippen molar-refractivity contribution in [3.05, 3.63) is 75.4 Å². The molecule has 0 aliphatic heterocycles. The van der Waals surface area contributed by atoms with Gasteiger partial charge in [-0.05, 0) is 31.2 Å². The average Bonchev–Trinajstić information content (AvgIpc) is 2.67. The smallest absolute Gasteiger partial charge is 0.336 e. The molecule has 28 heavy (non-hydrogen) atoms. The number of rotatable bonds is 5. The first-order chi connectivity index (χ1) is 13.4. The molecule has 7 nitrogen and oxygen atoms in total. The summed E-state index contributed by atoms with van der Waals surface area (Å²) in [5.41, 5.74) is 0.145. The number of esters is 1. The van der Waals surface area contributed by atoms with Crippen molar-refractivity contribution in [2.45, 2.75) is 13.5 Å².